The predicted molar refractivity (Wildman–Crippen MR) is 101 cm³/mol. The summed E-state index contributed by atoms with van der Waals surface area (Å²) in [4.78, 5) is 14.7. The molecule has 1 unspecified atom stereocenters. The Bertz CT molecular complexity index is 812. The standard InChI is InChI=1S/C21H25N3O/c1-2-18-8-5-6-15-24(18)21(25)12-11-17-16-23(14-7-13-22)20-10-4-3-9-19(17)20/h3-4,9-12,16,18H,2,5-8,14-15H2,1H3/b12-11+. The molecule has 1 atom stereocenters. The Morgan fingerprint density at radius 3 is 3.00 bits per heavy atom. The van der Waals surface area contributed by atoms with E-state index in [-0.39, 0.29) is 5.91 Å². The zero-order chi connectivity index (χ0) is 17.6. The van der Waals surface area contributed by atoms with Crippen LogP contribution in [0.5, 0.6) is 0 Å². The van der Waals surface area contributed by atoms with Crippen LogP contribution in [0.4, 0.5) is 0 Å². The van der Waals surface area contributed by atoms with Crippen molar-refractivity contribution < 1.29 is 4.79 Å². The number of para-hydroxylation sites is 1. The summed E-state index contributed by atoms with van der Waals surface area (Å²) in [6.45, 7) is 3.69. The van der Waals surface area contributed by atoms with E-state index in [1.165, 1.54) is 6.42 Å². The van der Waals surface area contributed by atoms with Gasteiger partial charge in [-0.2, -0.15) is 5.26 Å². The molecule has 1 aromatic carbocycles. The number of nitriles is 1. The van der Waals surface area contributed by atoms with Crippen LogP contribution in [0.2, 0.25) is 0 Å². The molecule has 25 heavy (non-hydrogen) atoms. The van der Waals surface area contributed by atoms with Gasteiger partial charge < -0.3 is 9.47 Å². The summed E-state index contributed by atoms with van der Waals surface area (Å²) in [5, 5.41) is 9.97. The van der Waals surface area contributed by atoms with E-state index in [9.17, 15) is 4.79 Å². The van der Waals surface area contributed by atoms with E-state index in [0.717, 1.165) is 42.3 Å². The van der Waals surface area contributed by atoms with Crippen molar-refractivity contribution in [2.75, 3.05) is 6.54 Å². The van der Waals surface area contributed by atoms with Crippen LogP contribution in [0.25, 0.3) is 17.0 Å². The highest BCUT2D eigenvalue weighted by molar-refractivity contribution is 5.96. The average molecular weight is 335 g/mol. The topological polar surface area (TPSA) is 49.0 Å². The Labute approximate surface area is 149 Å². The Morgan fingerprint density at radius 2 is 2.20 bits per heavy atom. The maximum absolute atomic E-state index is 12.6. The van der Waals surface area contributed by atoms with E-state index < -0.39 is 0 Å². The van der Waals surface area contributed by atoms with E-state index >= 15 is 0 Å². The Balaban J connectivity index is 1.83. The highest BCUT2D eigenvalue weighted by Gasteiger charge is 2.23. The molecule has 3 rings (SSSR count). The number of hydrogen-bond donors (Lipinski definition) is 0. The zero-order valence-corrected chi connectivity index (χ0v) is 14.8. The number of carbonyl (C=O) groups is 1. The molecule has 1 saturated heterocycles. The van der Waals surface area contributed by atoms with E-state index in [0.29, 0.717) is 19.0 Å². The van der Waals surface area contributed by atoms with E-state index in [4.69, 9.17) is 5.26 Å². The molecule has 0 spiro atoms. The number of rotatable bonds is 5. The first-order valence-electron chi connectivity index (χ1n) is 9.18. The molecular weight excluding hydrogens is 310 g/mol. The third-order valence-corrected chi connectivity index (χ3v) is 5.07. The summed E-state index contributed by atoms with van der Waals surface area (Å²) in [6.07, 6.45) is 10.6. The first-order chi connectivity index (χ1) is 12.2. The molecule has 0 aliphatic carbocycles. The van der Waals surface area contributed by atoms with Crippen LogP contribution < -0.4 is 0 Å². The van der Waals surface area contributed by atoms with Crippen LogP contribution in [0.15, 0.2) is 36.5 Å². The summed E-state index contributed by atoms with van der Waals surface area (Å²) in [5.41, 5.74) is 2.14. The molecule has 1 amide bonds. The Kier molecular flexibility index (Phi) is 5.55. The van der Waals surface area contributed by atoms with E-state index in [1.54, 1.807) is 6.08 Å². The van der Waals surface area contributed by atoms with Gasteiger partial charge in [0.15, 0.2) is 0 Å². The third-order valence-electron chi connectivity index (χ3n) is 5.07. The molecule has 1 aromatic heterocycles. The lowest BCUT2D eigenvalue weighted by atomic mass is 10.00. The van der Waals surface area contributed by atoms with Gasteiger partial charge in [-0.15, -0.1) is 0 Å². The smallest absolute Gasteiger partial charge is 0.246 e. The highest BCUT2D eigenvalue weighted by Crippen LogP contribution is 2.24. The molecule has 4 nitrogen and oxygen atoms in total. The number of likely N-dealkylation sites (tertiary alicyclic amines) is 1. The predicted octanol–water partition coefficient (Wildman–Crippen LogP) is 4.36. The minimum atomic E-state index is 0.111. The summed E-state index contributed by atoms with van der Waals surface area (Å²) in [7, 11) is 0. The average Bonchev–Trinajstić information content (AvgIpc) is 3.02. The van der Waals surface area contributed by atoms with Crippen LogP contribution >= 0.6 is 0 Å². The van der Waals surface area contributed by atoms with Gasteiger partial charge in [-0.25, -0.2) is 0 Å². The first kappa shape index (κ1) is 17.3. The Morgan fingerprint density at radius 1 is 1.36 bits per heavy atom. The molecule has 0 bridgehead atoms. The van der Waals surface area contributed by atoms with Gasteiger partial charge in [-0.3, -0.25) is 4.79 Å². The van der Waals surface area contributed by atoms with E-state index in [1.807, 2.05) is 29.3 Å². The largest absolute Gasteiger partial charge is 0.346 e. The van der Waals surface area contributed by atoms with Crippen molar-refractivity contribution in [3.63, 3.8) is 0 Å². The lowest BCUT2D eigenvalue weighted by Crippen LogP contribution is -2.42. The van der Waals surface area contributed by atoms with E-state index in [2.05, 4.69) is 29.7 Å². The van der Waals surface area contributed by atoms with Gasteiger partial charge in [0.1, 0.15) is 0 Å². The van der Waals surface area contributed by atoms with Gasteiger partial charge in [-0.1, -0.05) is 25.1 Å². The maximum Gasteiger partial charge on any atom is 0.246 e. The minimum Gasteiger partial charge on any atom is -0.346 e. The second-order valence-corrected chi connectivity index (χ2v) is 6.63. The number of piperidine rings is 1. The fourth-order valence-corrected chi connectivity index (χ4v) is 3.74. The number of hydrogen-bond acceptors (Lipinski definition) is 2. The Hall–Kier alpha value is -2.54. The molecule has 2 aromatic rings. The molecule has 4 heteroatoms. The number of amides is 1. The number of fused-ring (bicyclic) bond motifs is 1. The number of aryl methyl sites for hydroxylation is 1. The van der Waals surface area contributed by atoms with Gasteiger partial charge in [-0.05, 0) is 37.8 Å². The summed E-state index contributed by atoms with van der Waals surface area (Å²) in [6, 6.07) is 10.7. The number of aromatic nitrogens is 1. The molecule has 1 aliphatic rings. The number of benzene rings is 1. The van der Waals surface area contributed by atoms with Crippen molar-refractivity contribution >= 4 is 22.9 Å². The molecule has 130 valence electrons. The SMILES string of the molecule is CCC1CCCCN1C(=O)/C=C/c1cn(CCC#N)c2ccccc12. The van der Waals surface area contributed by atoms with Crippen molar-refractivity contribution in [3.8, 4) is 6.07 Å². The summed E-state index contributed by atoms with van der Waals surface area (Å²) >= 11 is 0. The molecule has 0 N–H and O–H groups in total. The third kappa shape index (κ3) is 3.76. The molecule has 1 fully saturated rings. The second kappa shape index (κ2) is 8.02. The zero-order valence-electron chi connectivity index (χ0n) is 14.8. The van der Waals surface area contributed by atoms with Gasteiger partial charge in [0.25, 0.3) is 0 Å². The van der Waals surface area contributed by atoms with Crippen LogP contribution in [-0.2, 0) is 11.3 Å². The first-order valence-corrected chi connectivity index (χ1v) is 9.18. The molecule has 0 radical (unpaired) electrons. The van der Waals surface area contributed by atoms with Crippen LogP contribution in [0.3, 0.4) is 0 Å². The van der Waals surface area contributed by atoms with Gasteiger partial charge in [0.05, 0.1) is 12.5 Å². The monoisotopic (exact) mass is 335 g/mol. The number of nitrogens with zero attached hydrogens (tertiary/aromatic N) is 3. The van der Waals surface area contributed by atoms with Crippen molar-refractivity contribution in [1.82, 2.24) is 9.47 Å². The van der Waals surface area contributed by atoms with Gasteiger partial charge >= 0.3 is 0 Å². The minimum absolute atomic E-state index is 0.111. The normalized spacial score (nSPS) is 17.9. The fraction of sp³-hybridized carbons (Fsp3) is 0.429. The van der Waals surface area contributed by atoms with Crippen LogP contribution in [0.1, 0.15) is 44.6 Å². The van der Waals surface area contributed by atoms with Gasteiger partial charge in [0, 0.05) is 47.9 Å². The molecular formula is C21H25N3O. The van der Waals surface area contributed by atoms with Crippen molar-refractivity contribution in [2.45, 2.75) is 51.6 Å². The van der Waals surface area contributed by atoms with Gasteiger partial charge in [0.2, 0.25) is 5.91 Å². The molecule has 1 aliphatic heterocycles. The summed E-state index contributed by atoms with van der Waals surface area (Å²) in [5.74, 6) is 0.111. The quantitative estimate of drug-likeness (QED) is 0.762. The van der Waals surface area contributed by atoms with Crippen molar-refractivity contribution in [1.29, 1.82) is 5.26 Å². The van der Waals surface area contributed by atoms with Crippen LogP contribution in [0, 0.1) is 11.3 Å². The maximum atomic E-state index is 12.6. The number of carbonyl (C=O) groups excluding carboxylic acids is 1. The fourth-order valence-electron chi connectivity index (χ4n) is 3.74. The summed E-state index contributed by atoms with van der Waals surface area (Å²) < 4.78 is 2.10. The molecule has 2 heterocycles. The van der Waals surface area contributed by atoms with Crippen molar-refractivity contribution in [3.05, 3.63) is 42.1 Å². The van der Waals surface area contributed by atoms with Crippen LogP contribution in [-0.4, -0.2) is 28.0 Å². The lowest BCUT2D eigenvalue weighted by Gasteiger charge is -2.34. The highest BCUT2D eigenvalue weighted by atomic mass is 16.2. The molecule has 0 saturated carbocycles. The van der Waals surface area contributed by atoms with Crippen molar-refractivity contribution in [2.24, 2.45) is 0 Å². The second-order valence-electron chi connectivity index (χ2n) is 6.63. The lowest BCUT2D eigenvalue weighted by molar-refractivity contribution is -0.129.